The van der Waals surface area contributed by atoms with E-state index in [0.29, 0.717) is 0 Å². The SMILES string of the molecule is CCC(=O)NC1C(OC(C(O)CN)C(N)C(O)CO)OC(CO)C(O)C1O. The van der Waals surface area contributed by atoms with E-state index in [2.05, 4.69) is 5.32 Å². The first kappa shape index (κ1) is 24.1. The van der Waals surface area contributed by atoms with Crippen LogP contribution in [-0.2, 0) is 14.3 Å². The maximum absolute atomic E-state index is 11.8. The molecule has 1 amide bonds. The molecule has 0 aliphatic carbocycles. The molecule has 11 N–H and O–H groups in total. The lowest BCUT2D eigenvalue weighted by Gasteiger charge is -2.44. The van der Waals surface area contributed by atoms with E-state index in [1.54, 1.807) is 6.92 Å². The van der Waals surface area contributed by atoms with Crippen molar-refractivity contribution in [3.63, 3.8) is 0 Å². The van der Waals surface area contributed by atoms with Crippen LogP contribution < -0.4 is 16.8 Å². The second-order valence-corrected chi connectivity index (χ2v) is 6.38. The van der Waals surface area contributed by atoms with Crippen LogP contribution in [0.1, 0.15) is 13.3 Å². The standard InChI is InChI=1S/C15H31N3O9/c1-2-9(23)18-11-13(25)12(24)8(5-20)26-15(11)27-14(6(21)3-16)10(17)7(22)4-19/h6-8,10-15,19-22,24-25H,2-5,16-17H2,1H3,(H,18,23). The van der Waals surface area contributed by atoms with E-state index in [4.69, 9.17) is 26.0 Å². The molecule has 0 saturated carbocycles. The Balaban J connectivity index is 3.10. The van der Waals surface area contributed by atoms with Gasteiger partial charge in [0, 0.05) is 13.0 Å². The number of aliphatic hydroxyl groups is 6. The highest BCUT2D eigenvalue weighted by molar-refractivity contribution is 5.76. The quantitative estimate of drug-likeness (QED) is 0.169. The average molecular weight is 397 g/mol. The maximum atomic E-state index is 11.8. The summed E-state index contributed by atoms with van der Waals surface area (Å²) >= 11 is 0. The molecule has 27 heavy (non-hydrogen) atoms. The number of hydrogen-bond acceptors (Lipinski definition) is 11. The molecule has 0 aromatic carbocycles. The highest BCUT2D eigenvalue weighted by Crippen LogP contribution is 2.25. The number of nitrogens with two attached hydrogens (primary N) is 2. The first-order valence-corrected chi connectivity index (χ1v) is 8.71. The monoisotopic (exact) mass is 397 g/mol. The van der Waals surface area contributed by atoms with Crippen molar-refractivity contribution < 1.29 is 44.9 Å². The van der Waals surface area contributed by atoms with Crippen molar-refractivity contribution in [3.05, 3.63) is 0 Å². The van der Waals surface area contributed by atoms with Crippen molar-refractivity contribution in [1.82, 2.24) is 5.32 Å². The van der Waals surface area contributed by atoms with Gasteiger partial charge in [-0.2, -0.15) is 0 Å². The van der Waals surface area contributed by atoms with E-state index in [9.17, 15) is 30.3 Å². The second-order valence-electron chi connectivity index (χ2n) is 6.38. The summed E-state index contributed by atoms with van der Waals surface area (Å²) in [6.07, 6.45) is -9.81. The molecule has 1 saturated heterocycles. The van der Waals surface area contributed by atoms with E-state index in [0.717, 1.165) is 0 Å². The van der Waals surface area contributed by atoms with Crippen LogP contribution in [0.3, 0.4) is 0 Å². The number of hydrogen-bond donors (Lipinski definition) is 9. The van der Waals surface area contributed by atoms with E-state index in [1.165, 1.54) is 0 Å². The fourth-order valence-electron chi connectivity index (χ4n) is 2.71. The average Bonchev–Trinajstić information content (AvgIpc) is 2.68. The molecule has 12 nitrogen and oxygen atoms in total. The summed E-state index contributed by atoms with van der Waals surface area (Å²) in [5.41, 5.74) is 11.2. The molecular weight excluding hydrogens is 366 g/mol. The van der Waals surface area contributed by atoms with Crippen LogP contribution in [0.2, 0.25) is 0 Å². The number of carbonyl (C=O) groups is 1. The summed E-state index contributed by atoms with van der Waals surface area (Å²) in [5.74, 6) is -0.471. The minimum Gasteiger partial charge on any atom is -0.394 e. The van der Waals surface area contributed by atoms with E-state index < -0.39 is 74.1 Å². The van der Waals surface area contributed by atoms with E-state index in [1.807, 2.05) is 0 Å². The lowest BCUT2D eigenvalue weighted by molar-refractivity contribution is -0.292. The fraction of sp³-hybridized carbons (Fsp3) is 0.933. The van der Waals surface area contributed by atoms with Gasteiger partial charge in [0.05, 0.1) is 31.5 Å². The van der Waals surface area contributed by atoms with Crippen molar-refractivity contribution in [3.8, 4) is 0 Å². The van der Waals surface area contributed by atoms with Gasteiger partial charge in [-0.05, 0) is 0 Å². The van der Waals surface area contributed by atoms with Gasteiger partial charge in [-0.3, -0.25) is 4.79 Å². The molecule has 9 atom stereocenters. The van der Waals surface area contributed by atoms with Crippen LogP contribution in [0.5, 0.6) is 0 Å². The van der Waals surface area contributed by atoms with Crippen LogP contribution in [0.4, 0.5) is 0 Å². The zero-order valence-electron chi connectivity index (χ0n) is 15.1. The predicted octanol–water partition coefficient (Wildman–Crippen LogP) is -5.29. The van der Waals surface area contributed by atoms with Gasteiger partial charge in [0.2, 0.25) is 5.91 Å². The second kappa shape index (κ2) is 11.2. The third-order valence-electron chi connectivity index (χ3n) is 4.45. The number of nitrogens with one attached hydrogen (secondary N) is 1. The Hall–Kier alpha value is -0.930. The Kier molecular flexibility index (Phi) is 9.97. The summed E-state index contributed by atoms with van der Waals surface area (Å²) in [4.78, 5) is 11.8. The molecule has 0 spiro atoms. The zero-order valence-corrected chi connectivity index (χ0v) is 15.1. The fourth-order valence-corrected chi connectivity index (χ4v) is 2.71. The predicted molar refractivity (Wildman–Crippen MR) is 91.0 cm³/mol. The van der Waals surface area contributed by atoms with Crippen molar-refractivity contribution in [2.24, 2.45) is 11.5 Å². The molecule has 1 aliphatic rings. The third-order valence-corrected chi connectivity index (χ3v) is 4.45. The molecule has 9 unspecified atom stereocenters. The molecule has 0 aromatic rings. The summed E-state index contributed by atoms with van der Waals surface area (Å²) in [5, 5.41) is 61.1. The van der Waals surface area contributed by atoms with Crippen molar-refractivity contribution in [2.45, 2.75) is 68.3 Å². The highest BCUT2D eigenvalue weighted by Gasteiger charge is 2.47. The van der Waals surface area contributed by atoms with Crippen molar-refractivity contribution in [2.75, 3.05) is 19.8 Å². The third kappa shape index (κ3) is 6.02. The first-order chi connectivity index (χ1) is 12.7. The summed E-state index contributed by atoms with van der Waals surface area (Å²) in [6.45, 7) is -0.0883. The van der Waals surface area contributed by atoms with Gasteiger partial charge < -0.3 is 56.9 Å². The van der Waals surface area contributed by atoms with E-state index >= 15 is 0 Å². The minimum atomic E-state index is -1.55. The van der Waals surface area contributed by atoms with Gasteiger partial charge >= 0.3 is 0 Å². The number of amides is 1. The number of carbonyl (C=O) groups excluding carboxylic acids is 1. The van der Waals surface area contributed by atoms with Crippen LogP contribution in [0.25, 0.3) is 0 Å². The number of aliphatic hydroxyl groups excluding tert-OH is 6. The molecule has 160 valence electrons. The summed E-state index contributed by atoms with van der Waals surface area (Å²) < 4.78 is 11.0. The smallest absolute Gasteiger partial charge is 0.220 e. The van der Waals surface area contributed by atoms with E-state index in [-0.39, 0.29) is 13.0 Å². The van der Waals surface area contributed by atoms with Crippen molar-refractivity contribution in [1.29, 1.82) is 0 Å². The molecule has 1 aliphatic heterocycles. The normalized spacial score (nSPS) is 33.1. The van der Waals surface area contributed by atoms with Gasteiger partial charge in [0.15, 0.2) is 6.29 Å². The lowest BCUT2D eigenvalue weighted by Crippen LogP contribution is -2.67. The lowest BCUT2D eigenvalue weighted by atomic mass is 9.96. The van der Waals surface area contributed by atoms with Crippen LogP contribution in [0.15, 0.2) is 0 Å². The van der Waals surface area contributed by atoms with Gasteiger partial charge in [-0.15, -0.1) is 0 Å². The molecule has 0 bridgehead atoms. The van der Waals surface area contributed by atoms with Crippen LogP contribution >= 0.6 is 0 Å². The molecule has 0 aromatic heterocycles. The van der Waals surface area contributed by atoms with Gasteiger partial charge in [-0.25, -0.2) is 0 Å². The Morgan fingerprint density at radius 3 is 2.33 bits per heavy atom. The zero-order chi connectivity index (χ0) is 20.7. The first-order valence-electron chi connectivity index (χ1n) is 8.71. The maximum Gasteiger partial charge on any atom is 0.220 e. The Morgan fingerprint density at radius 2 is 1.85 bits per heavy atom. The topological polar surface area (TPSA) is 221 Å². The largest absolute Gasteiger partial charge is 0.394 e. The molecule has 1 heterocycles. The Morgan fingerprint density at radius 1 is 1.22 bits per heavy atom. The van der Waals surface area contributed by atoms with Gasteiger partial charge in [0.25, 0.3) is 0 Å². The van der Waals surface area contributed by atoms with Gasteiger partial charge in [-0.1, -0.05) is 6.92 Å². The van der Waals surface area contributed by atoms with Crippen LogP contribution in [0, 0.1) is 0 Å². The number of ether oxygens (including phenoxy) is 2. The Bertz CT molecular complexity index is 458. The highest BCUT2D eigenvalue weighted by atomic mass is 16.7. The summed E-state index contributed by atoms with van der Waals surface area (Å²) in [6, 6.07) is -2.53. The molecule has 1 rings (SSSR count). The minimum absolute atomic E-state index is 0.0764. The van der Waals surface area contributed by atoms with Crippen LogP contribution in [-0.4, -0.2) is 111 Å². The van der Waals surface area contributed by atoms with Gasteiger partial charge in [0.1, 0.15) is 30.5 Å². The molecular formula is C15H31N3O9. The molecule has 12 heteroatoms. The number of rotatable bonds is 10. The summed E-state index contributed by atoms with van der Waals surface area (Å²) in [7, 11) is 0. The molecule has 1 fully saturated rings. The van der Waals surface area contributed by atoms with Crippen molar-refractivity contribution >= 4 is 5.91 Å². The Labute approximate surface area is 156 Å². The molecule has 0 radical (unpaired) electrons.